The number of nitrogens with one attached hydrogen (secondary N) is 1. The molecular weight excluding hydrogens is 444 g/mol. The van der Waals surface area contributed by atoms with Gasteiger partial charge in [-0.05, 0) is 55.5 Å². The molecule has 0 saturated carbocycles. The van der Waals surface area contributed by atoms with E-state index in [1.807, 2.05) is 67.6 Å². The fraction of sp³-hybridized carbons (Fsp3) is 0.0769. The van der Waals surface area contributed by atoms with E-state index >= 15 is 0 Å². The predicted octanol–water partition coefficient (Wildman–Crippen LogP) is 5.42. The Kier molecular flexibility index (Phi) is 5.00. The monoisotopic (exact) mass is 464 g/mol. The number of hydrogen-bond donors (Lipinski definition) is 1. The third-order valence-electron chi connectivity index (χ3n) is 5.82. The van der Waals surface area contributed by atoms with Crippen LogP contribution in [0.3, 0.4) is 0 Å². The summed E-state index contributed by atoms with van der Waals surface area (Å²) in [4.78, 5) is 17.8. The number of nitrogens with zero attached hydrogens (tertiary/aromatic N) is 5. The molecule has 0 spiro atoms. The molecular formula is C26H20N6OS. The van der Waals surface area contributed by atoms with Crippen LogP contribution in [0.25, 0.3) is 16.9 Å². The molecule has 166 valence electrons. The molecule has 0 fully saturated rings. The van der Waals surface area contributed by atoms with Crippen molar-refractivity contribution in [3.63, 3.8) is 0 Å². The van der Waals surface area contributed by atoms with Gasteiger partial charge in [-0.15, -0.1) is 10.2 Å². The molecule has 5 aromatic rings. The Labute approximate surface area is 200 Å². The van der Waals surface area contributed by atoms with Crippen LogP contribution in [-0.2, 0) is 4.79 Å². The summed E-state index contributed by atoms with van der Waals surface area (Å²) < 4.78 is 1.63. The number of carbonyl (C=O) groups is 1. The Morgan fingerprint density at radius 2 is 1.65 bits per heavy atom. The van der Waals surface area contributed by atoms with E-state index in [1.165, 1.54) is 0 Å². The van der Waals surface area contributed by atoms with E-state index in [1.54, 1.807) is 22.6 Å². The van der Waals surface area contributed by atoms with Crippen molar-refractivity contribution in [3.05, 3.63) is 91.3 Å². The van der Waals surface area contributed by atoms with Gasteiger partial charge in [0.2, 0.25) is 5.91 Å². The lowest BCUT2D eigenvalue weighted by molar-refractivity contribution is -0.117. The van der Waals surface area contributed by atoms with Gasteiger partial charge in [-0.1, -0.05) is 48.2 Å². The van der Waals surface area contributed by atoms with Crippen LogP contribution in [0.2, 0.25) is 0 Å². The van der Waals surface area contributed by atoms with E-state index in [0.717, 1.165) is 32.4 Å². The fourth-order valence-corrected chi connectivity index (χ4v) is 5.23. The molecule has 3 aromatic carbocycles. The molecule has 34 heavy (non-hydrogen) atoms. The van der Waals surface area contributed by atoms with E-state index in [2.05, 4.69) is 49.8 Å². The van der Waals surface area contributed by atoms with E-state index < -0.39 is 6.04 Å². The number of carbonyl (C=O) groups excluding carboxylic acids is 1. The van der Waals surface area contributed by atoms with E-state index in [-0.39, 0.29) is 5.91 Å². The van der Waals surface area contributed by atoms with Crippen LogP contribution in [0.1, 0.15) is 6.92 Å². The molecule has 7 nitrogen and oxygen atoms in total. The Morgan fingerprint density at radius 1 is 0.912 bits per heavy atom. The summed E-state index contributed by atoms with van der Waals surface area (Å²) in [6, 6.07) is 27.4. The first-order valence-corrected chi connectivity index (χ1v) is 11.7. The first kappa shape index (κ1) is 20.4. The summed E-state index contributed by atoms with van der Waals surface area (Å²) >= 11 is 1.73. The van der Waals surface area contributed by atoms with Crippen LogP contribution in [0.5, 0.6) is 0 Å². The molecule has 0 aliphatic carbocycles. The quantitative estimate of drug-likeness (QED) is 0.383. The number of para-hydroxylation sites is 2. The summed E-state index contributed by atoms with van der Waals surface area (Å²) in [7, 11) is 0. The second-order valence-electron chi connectivity index (χ2n) is 8.01. The third-order valence-corrected chi connectivity index (χ3v) is 6.95. The highest BCUT2D eigenvalue weighted by atomic mass is 32.2. The van der Waals surface area contributed by atoms with Gasteiger partial charge in [-0.3, -0.25) is 4.79 Å². The van der Waals surface area contributed by atoms with Gasteiger partial charge in [-0.2, -0.15) is 9.61 Å². The normalized spacial score (nSPS) is 13.3. The lowest BCUT2D eigenvalue weighted by Gasteiger charge is -2.36. The molecule has 0 bridgehead atoms. The van der Waals surface area contributed by atoms with Crippen LogP contribution >= 0.6 is 11.8 Å². The topological polar surface area (TPSA) is 75.4 Å². The standard InChI is InChI=1S/C26H20N6OS/c1-17(32-21-9-2-4-11-23(21)34-24-12-5-3-10-22(24)32)26(33)28-19-8-6-7-18(15-19)20-13-14-25-29-27-16-31(25)30-20/h2-17H,1H3,(H,28,33). The molecule has 1 amide bonds. The zero-order valence-electron chi connectivity index (χ0n) is 18.3. The number of benzene rings is 3. The number of amides is 1. The minimum Gasteiger partial charge on any atom is -0.327 e. The lowest BCUT2D eigenvalue weighted by atomic mass is 10.1. The first-order valence-electron chi connectivity index (χ1n) is 10.9. The van der Waals surface area contributed by atoms with Gasteiger partial charge in [0.25, 0.3) is 0 Å². The molecule has 8 heteroatoms. The highest BCUT2D eigenvalue weighted by Gasteiger charge is 2.30. The van der Waals surface area contributed by atoms with Crippen molar-refractivity contribution in [1.82, 2.24) is 19.8 Å². The maximum absolute atomic E-state index is 13.4. The van der Waals surface area contributed by atoms with Crippen molar-refractivity contribution in [3.8, 4) is 11.3 Å². The number of hydrogen-bond acceptors (Lipinski definition) is 6. The SMILES string of the molecule is CC(C(=O)Nc1cccc(-c2ccc3nncn3n2)c1)N1c2ccccc2Sc2ccccc21. The fourth-order valence-electron chi connectivity index (χ4n) is 4.15. The number of fused-ring (bicyclic) bond motifs is 3. The average Bonchev–Trinajstić information content (AvgIpc) is 3.35. The van der Waals surface area contributed by atoms with E-state index in [0.29, 0.717) is 11.3 Å². The highest BCUT2D eigenvalue weighted by molar-refractivity contribution is 7.99. The molecule has 6 rings (SSSR count). The van der Waals surface area contributed by atoms with Crippen molar-refractivity contribution in [2.24, 2.45) is 0 Å². The van der Waals surface area contributed by atoms with Gasteiger partial charge >= 0.3 is 0 Å². The zero-order valence-corrected chi connectivity index (χ0v) is 19.1. The summed E-state index contributed by atoms with van der Waals surface area (Å²) in [6.07, 6.45) is 1.57. The van der Waals surface area contributed by atoms with Gasteiger partial charge in [0.1, 0.15) is 12.4 Å². The van der Waals surface area contributed by atoms with Crippen molar-refractivity contribution in [2.45, 2.75) is 22.8 Å². The summed E-state index contributed by atoms with van der Waals surface area (Å²) in [5.74, 6) is -0.0872. The van der Waals surface area contributed by atoms with Crippen molar-refractivity contribution < 1.29 is 4.79 Å². The molecule has 0 saturated heterocycles. The zero-order chi connectivity index (χ0) is 23.1. The number of anilines is 3. The lowest BCUT2D eigenvalue weighted by Crippen LogP contribution is -2.40. The van der Waals surface area contributed by atoms with Crippen molar-refractivity contribution >= 4 is 40.4 Å². The highest BCUT2D eigenvalue weighted by Crippen LogP contribution is 2.48. The second kappa shape index (κ2) is 8.31. The van der Waals surface area contributed by atoms with Crippen LogP contribution in [0.4, 0.5) is 17.1 Å². The maximum Gasteiger partial charge on any atom is 0.247 e. The maximum atomic E-state index is 13.4. The molecule has 2 aromatic heterocycles. The minimum absolute atomic E-state index is 0.0872. The summed E-state index contributed by atoms with van der Waals surface area (Å²) in [5, 5.41) is 15.5. The van der Waals surface area contributed by atoms with Gasteiger partial charge in [0.05, 0.1) is 17.1 Å². The Bertz CT molecular complexity index is 1490. The van der Waals surface area contributed by atoms with E-state index in [4.69, 9.17) is 0 Å². The Balaban J connectivity index is 1.29. The molecule has 1 atom stereocenters. The molecule has 1 unspecified atom stereocenters. The summed E-state index contributed by atoms with van der Waals surface area (Å²) in [5.41, 5.74) is 5.14. The smallest absolute Gasteiger partial charge is 0.247 e. The van der Waals surface area contributed by atoms with Crippen molar-refractivity contribution in [1.29, 1.82) is 0 Å². The van der Waals surface area contributed by atoms with Crippen LogP contribution in [0, 0.1) is 0 Å². The molecule has 1 aliphatic rings. The Hall–Kier alpha value is -4.17. The van der Waals surface area contributed by atoms with Gasteiger partial charge in [-0.25, -0.2) is 0 Å². The van der Waals surface area contributed by atoms with Gasteiger partial charge < -0.3 is 10.2 Å². The molecule has 1 aliphatic heterocycles. The minimum atomic E-state index is -0.418. The first-order chi connectivity index (χ1) is 16.7. The van der Waals surface area contributed by atoms with E-state index in [9.17, 15) is 4.79 Å². The van der Waals surface area contributed by atoms with Gasteiger partial charge in [0, 0.05) is 21.0 Å². The van der Waals surface area contributed by atoms with Crippen LogP contribution in [0.15, 0.2) is 101 Å². The number of aromatic nitrogens is 4. The third kappa shape index (κ3) is 3.58. The van der Waals surface area contributed by atoms with Crippen LogP contribution < -0.4 is 10.2 Å². The Morgan fingerprint density at radius 3 is 2.41 bits per heavy atom. The number of rotatable bonds is 4. The van der Waals surface area contributed by atoms with Gasteiger partial charge in [0.15, 0.2) is 5.65 Å². The molecule has 1 N–H and O–H groups in total. The predicted molar refractivity (Wildman–Crippen MR) is 133 cm³/mol. The molecule has 0 radical (unpaired) electrons. The molecule has 3 heterocycles. The van der Waals surface area contributed by atoms with Crippen LogP contribution in [-0.4, -0.2) is 31.8 Å². The summed E-state index contributed by atoms with van der Waals surface area (Å²) in [6.45, 7) is 1.93. The largest absolute Gasteiger partial charge is 0.327 e. The second-order valence-corrected chi connectivity index (χ2v) is 9.09. The average molecular weight is 465 g/mol. The van der Waals surface area contributed by atoms with Crippen molar-refractivity contribution in [2.75, 3.05) is 10.2 Å².